The second kappa shape index (κ2) is 32.8. The van der Waals surface area contributed by atoms with E-state index in [0.717, 1.165) is 32.7 Å². The molecule has 2 rings (SSSR count). The summed E-state index contributed by atoms with van der Waals surface area (Å²) in [7, 11) is 2.24. The van der Waals surface area contributed by atoms with Gasteiger partial charge in [0.2, 0.25) is 5.91 Å². The average Bonchev–Trinajstić information content (AvgIpc) is 3.72. The molecular weight excluding hydrogens is 625 g/mol. The van der Waals surface area contributed by atoms with Gasteiger partial charge in [-0.25, -0.2) is 0 Å². The molecular formula is C46H92N4O. The predicted octanol–water partition coefficient (Wildman–Crippen LogP) is 12.3. The molecule has 0 saturated carbocycles. The molecule has 0 aromatic rings. The number of fused-ring (bicyclic) bond motifs is 2. The topological polar surface area (TPSA) is 30.0 Å². The molecule has 5 nitrogen and oxygen atoms in total. The highest BCUT2D eigenvalue weighted by Gasteiger charge is 2.43. The molecule has 1 amide bonds. The Kier molecular flexibility index (Phi) is 29.9. The first-order chi connectivity index (χ1) is 25.1. The van der Waals surface area contributed by atoms with Crippen LogP contribution in [0.5, 0.6) is 0 Å². The van der Waals surface area contributed by atoms with E-state index in [4.69, 9.17) is 0 Å². The Balaban J connectivity index is 1.80. The Morgan fingerprint density at radius 2 is 0.765 bits per heavy atom. The third kappa shape index (κ3) is 23.7. The predicted molar refractivity (Wildman–Crippen MR) is 225 cm³/mol. The van der Waals surface area contributed by atoms with Crippen LogP contribution in [-0.2, 0) is 4.79 Å². The van der Waals surface area contributed by atoms with Gasteiger partial charge in [-0.1, -0.05) is 194 Å². The molecule has 2 unspecified atom stereocenters. The Morgan fingerprint density at radius 3 is 1.10 bits per heavy atom. The van der Waals surface area contributed by atoms with E-state index in [1.807, 2.05) is 0 Å². The van der Waals surface area contributed by atoms with Crippen molar-refractivity contribution in [2.24, 2.45) is 0 Å². The zero-order chi connectivity index (χ0) is 36.6. The van der Waals surface area contributed by atoms with Crippen molar-refractivity contribution in [2.45, 2.75) is 232 Å². The minimum absolute atomic E-state index is 0.401. The van der Waals surface area contributed by atoms with Crippen LogP contribution in [0.15, 0.2) is 0 Å². The van der Waals surface area contributed by atoms with Crippen molar-refractivity contribution in [3.8, 4) is 0 Å². The fourth-order valence-corrected chi connectivity index (χ4v) is 8.81. The molecule has 5 heteroatoms. The molecule has 0 radical (unpaired) electrons. The van der Waals surface area contributed by atoms with Crippen LogP contribution in [-0.4, -0.2) is 97.0 Å². The normalized spacial score (nSPS) is 17.6. The molecule has 2 aliphatic heterocycles. The van der Waals surface area contributed by atoms with Gasteiger partial charge < -0.3 is 9.80 Å². The lowest BCUT2D eigenvalue weighted by molar-refractivity contribution is -0.134. The highest BCUT2D eigenvalue weighted by atomic mass is 16.2. The molecule has 2 saturated heterocycles. The van der Waals surface area contributed by atoms with Gasteiger partial charge in [0.05, 0.1) is 6.54 Å². The number of unbranched alkanes of at least 4 members (excludes halogenated alkanes) is 27. The van der Waals surface area contributed by atoms with Gasteiger partial charge in [-0.3, -0.25) is 14.6 Å². The summed E-state index contributed by atoms with van der Waals surface area (Å²) in [5.74, 6) is 0.401. The van der Waals surface area contributed by atoms with Gasteiger partial charge in [0, 0.05) is 38.3 Å². The van der Waals surface area contributed by atoms with E-state index in [1.54, 1.807) is 0 Å². The van der Waals surface area contributed by atoms with Gasteiger partial charge in [-0.15, -0.1) is 0 Å². The number of nitrogens with zero attached hydrogens (tertiary/aromatic N) is 4. The molecule has 2 bridgehead atoms. The second-order valence-electron chi connectivity index (χ2n) is 17.2. The van der Waals surface area contributed by atoms with Crippen molar-refractivity contribution in [3.63, 3.8) is 0 Å². The lowest BCUT2D eigenvalue weighted by Crippen LogP contribution is -2.51. The van der Waals surface area contributed by atoms with E-state index in [0.29, 0.717) is 24.5 Å². The number of rotatable bonds is 38. The SMILES string of the molecule is CCCCCCCCCCCCN(CCCCCCCCCCCC)CCN(CCCCCCCCCCCC)CC(=O)N1CC2CC1CN2C. The summed E-state index contributed by atoms with van der Waals surface area (Å²) in [6.07, 6.45) is 43.0. The van der Waals surface area contributed by atoms with Crippen LogP contribution in [0.4, 0.5) is 0 Å². The summed E-state index contributed by atoms with van der Waals surface area (Å²) in [4.78, 5) is 23.7. The van der Waals surface area contributed by atoms with E-state index in [9.17, 15) is 4.79 Å². The monoisotopic (exact) mass is 717 g/mol. The third-order valence-electron chi connectivity index (χ3n) is 12.4. The summed E-state index contributed by atoms with van der Waals surface area (Å²) in [5.41, 5.74) is 0. The van der Waals surface area contributed by atoms with Gasteiger partial charge in [0.1, 0.15) is 0 Å². The molecule has 0 N–H and O–H groups in total. The van der Waals surface area contributed by atoms with E-state index in [1.165, 1.54) is 212 Å². The molecule has 0 aromatic heterocycles. The molecule has 2 atom stereocenters. The van der Waals surface area contributed by atoms with E-state index in [-0.39, 0.29) is 0 Å². The van der Waals surface area contributed by atoms with Crippen LogP contribution >= 0.6 is 0 Å². The minimum Gasteiger partial charge on any atom is -0.336 e. The molecule has 302 valence electrons. The van der Waals surface area contributed by atoms with Crippen molar-refractivity contribution in [1.82, 2.24) is 19.6 Å². The van der Waals surface area contributed by atoms with Crippen molar-refractivity contribution in [2.75, 3.05) is 59.4 Å². The lowest BCUT2D eigenvalue weighted by Gasteiger charge is -2.34. The van der Waals surface area contributed by atoms with Crippen molar-refractivity contribution in [1.29, 1.82) is 0 Å². The number of likely N-dealkylation sites (N-methyl/N-ethyl adjacent to an activating group) is 1. The number of hydrogen-bond donors (Lipinski definition) is 0. The Hall–Kier alpha value is -0.650. The number of carbonyl (C=O) groups is 1. The summed E-state index contributed by atoms with van der Waals surface area (Å²) in [6.45, 7) is 15.4. The lowest BCUT2D eigenvalue weighted by atomic mass is 10.1. The van der Waals surface area contributed by atoms with E-state index in [2.05, 4.69) is 47.4 Å². The summed E-state index contributed by atoms with van der Waals surface area (Å²) >= 11 is 0. The number of likely N-dealkylation sites (tertiary alicyclic amines) is 2. The van der Waals surface area contributed by atoms with Gasteiger partial charge in [-0.05, 0) is 52.4 Å². The first-order valence-corrected chi connectivity index (χ1v) is 23.5. The van der Waals surface area contributed by atoms with Crippen LogP contribution in [0.1, 0.15) is 220 Å². The number of hydrogen-bond acceptors (Lipinski definition) is 4. The van der Waals surface area contributed by atoms with E-state index < -0.39 is 0 Å². The summed E-state index contributed by atoms with van der Waals surface area (Å²) in [6, 6.07) is 1.04. The molecule has 2 fully saturated rings. The maximum Gasteiger partial charge on any atom is 0.237 e. The van der Waals surface area contributed by atoms with Gasteiger partial charge in [0.15, 0.2) is 0 Å². The van der Waals surface area contributed by atoms with Crippen LogP contribution in [0.3, 0.4) is 0 Å². The van der Waals surface area contributed by atoms with Gasteiger partial charge in [0.25, 0.3) is 0 Å². The van der Waals surface area contributed by atoms with Crippen LogP contribution in [0.2, 0.25) is 0 Å². The number of amides is 1. The number of piperazine rings is 1. The molecule has 2 heterocycles. The summed E-state index contributed by atoms with van der Waals surface area (Å²) < 4.78 is 0. The van der Waals surface area contributed by atoms with Crippen molar-refractivity contribution in [3.05, 3.63) is 0 Å². The third-order valence-corrected chi connectivity index (χ3v) is 12.4. The van der Waals surface area contributed by atoms with Crippen molar-refractivity contribution < 1.29 is 4.79 Å². The Bertz CT molecular complexity index is 750. The fourth-order valence-electron chi connectivity index (χ4n) is 8.81. The minimum atomic E-state index is 0.401. The van der Waals surface area contributed by atoms with E-state index >= 15 is 0 Å². The smallest absolute Gasteiger partial charge is 0.237 e. The Morgan fingerprint density at radius 1 is 0.431 bits per heavy atom. The van der Waals surface area contributed by atoms with Crippen LogP contribution in [0.25, 0.3) is 0 Å². The zero-order valence-electron chi connectivity index (χ0n) is 35.4. The van der Waals surface area contributed by atoms with Gasteiger partial charge >= 0.3 is 0 Å². The first-order valence-electron chi connectivity index (χ1n) is 23.5. The highest BCUT2D eigenvalue weighted by molar-refractivity contribution is 5.79. The molecule has 0 aliphatic carbocycles. The largest absolute Gasteiger partial charge is 0.336 e. The molecule has 51 heavy (non-hydrogen) atoms. The molecule has 2 aliphatic rings. The zero-order valence-corrected chi connectivity index (χ0v) is 35.4. The average molecular weight is 717 g/mol. The standard InChI is InChI=1S/C46H92N4O/c1-5-8-11-14-17-20-23-26-29-32-35-48(36-33-30-27-24-21-18-15-12-9-6-2)38-39-49(37-34-31-28-25-22-19-16-13-10-7-3)43-46(51)50-42-44-40-45(50)41-47(44)4/h44-45H,5-43H2,1-4H3. The quantitative estimate of drug-likeness (QED) is 0.0595. The molecule has 0 spiro atoms. The molecule has 0 aromatic carbocycles. The van der Waals surface area contributed by atoms with Gasteiger partial charge in [-0.2, -0.15) is 0 Å². The maximum absolute atomic E-state index is 13.7. The fraction of sp³-hybridized carbons (Fsp3) is 0.978. The van der Waals surface area contributed by atoms with Crippen molar-refractivity contribution >= 4 is 5.91 Å². The Labute approximate surface area is 320 Å². The summed E-state index contributed by atoms with van der Waals surface area (Å²) in [5, 5.41) is 0. The first kappa shape index (κ1) is 46.5. The second-order valence-corrected chi connectivity index (χ2v) is 17.2. The number of carbonyl (C=O) groups excluding carboxylic acids is 1. The van der Waals surface area contributed by atoms with Crippen LogP contribution < -0.4 is 0 Å². The van der Waals surface area contributed by atoms with Crippen LogP contribution in [0, 0.1) is 0 Å². The maximum atomic E-state index is 13.7. The highest BCUT2D eigenvalue weighted by Crippen LogP contribution is 2.29.